The molecule has 0 bridgehead atoms. The molecule has 1 N–H and O–H groups in total. The first-order valence-electron chi connectivity index (χ1n) is 6.63. The smallest absolute Gasteiger partial charge is 0.162 e. The van der Waals surface area contributed by atoms with Gasteiger partial charge in [0.25, 0.3) is 0 Å². The third-order valence-electron chi connectivity index (χ3n) is 2.96. The molecule has 0 radical (unpaired) electrons. The maximum Gasteiger partial charge on any atom is 0.162 e. The Balaban J connectivity index is 2.58. The Morgan fingerprint density at radius 2 is 1.90 bits per heavy atom. The second kappa shape index (κ2) is 6.68. The average molecular weight is 399 g/mol. The van der Waals surface area contributed by atoms with Crippen molar-refractivity contribution in [3.05, 3.63) is 38.4 Å². The van der Waals surface area contributed by atoms with Gasteiger partial charge in [-0.25, -0.2) is 9.97 Å². The lowest BCUT2D eigenvalue weighted by molar-refractivity contribution is 0.983. The number of halogens is 2. The number of rotatable bonds is 4. The quantitative estimate of drug-likeness (QED) is 0.789. The van der Waals surface area contributed by atoms with Crippen LogP contribution in [0, 0.1) is 6.92 Å². The number of nitrogens with zero attached hydrogens (tertiary/aromatic N) is 2. The Morgan fingerprint density at radius 3 is 2.50 bits per heavy atom. The molecule has 1 aromatic carbocycles. The maximum atomic E-state index is 4.67. The van der Waals surface area contributed by atoms with Crippen molar-refractivity contribution in [3.63, 3.8) is 0 Å². The molecule has 3 nitrogen and oxygen atoms in total. The number of benzene rings is 1. The van der Waals surface area contributed by atoms with E-state index >= 15 is 0 Å². The number of anilines is 1. The number of aromatic nitrogens is 2. The number of hydrogen-bond donors (Lipinski definition) is 1. The second-order valence-electron chi connectivity index (χ2n) is 4.52. The van der Waals surface area contributed by atoms with E-state index in [1.165, 1.54) is 5.56 Å². The van der Waals surface area contributed by atoms with Gasteiger partial charge in [-0.3, -0.25) is 0 Å². The minimum absolute atomic E-state index is 0.743. The van der Waals surface area contributed by atoms with Gasteiger partial charge in [-0.1, -0.05) is 28.9 Å². The van der Waals surface area contributed by atoms with E-state index in [0.29, 0.717) is 0 Å². The summed E-state index contributed by atoms with van der Waals surface area (Å²) in [5.41, 5.74) is 3.23. The van der Waals surface area contributed by atoms with E-state index in [4.69, 9.17) is 0 Å². The maximum absolute atomic E-state index is 4.67. The predicted octanol–water partition coefficient (Wildman–Crippen LogP) is 4.97. The molecular formula is C15H17Br2N3. The third kappa shape index (κ3) is 3.20. The molecule has 1 aromatic heterocycles. The summed E-state index contributed by atoms with van der Waals surface area (Å²) in [5, 5.41) is 3.28. The second-order valence-corrected chi connectivity index (χ2v) is 6.17. The zero-order valence-electron chi connectivity index (χ0n) is 11.8. The molecule has 0 unspecified atom stereocenters. The van der Waals surface area contributed by atoms with Crippen LogP contribution in [-0.4, -0.2) is 16.5 Å². The minimum atomic E-state index is 0.743. The van der Waals surface area contributed by atoms with Crippen molar-refractivity contribution in [2.75, 3.05) is 11.9 Å². The van der Waals surface area contributed by atoms with E-state index in [1.54, 1.807) is 0 Å². The molecule has 2 aromatic rings. The SMILES string of the molecule is CCNc1nc(-c2ccc(C)cc2Br)nc(CC)c1Br. The van der Waals surface area contributed by atoms with Gasteiger partial charge in [0.05, 0.1) is 10.2 Å². The van der Waals surface area contributed by atoms with E-state index in [9.17, 15) is 0 Å². The number of aryl methyl sites for hydroxylation is 2. The van der Waals surface area contributed by atoms with Gasteiger partial charge in [0.2, 0.25) is 0 Å². The van der Waals surface area contributed by atoms with Gasteiger partial charge in [-0.05, 0) is 53.9 Å². The van der Waals surface area contributed by atoms with Crippen LogP contribution >= 0.6 is 31.9 Å². The normalized spacial score (nSPS) is 10.7. The summed E-state index contributed by atoms with van der Waals surface area (Å²) in [6, 6.07) is 6.21. The highest BCUT2D eigenvalue weighted by molar-refractivity contribution is 9.11. The van der Waals surface area contributed by atoms with Crippen molar-refractivity contribution >= 4 is 37.7 Å². The number of hydrogen-bond acceptors (Lipinski definition) is 3. The van der Waals surface area contributed by atoms with Gasteiger partial charge in [0.15, 0.2) is 5.82 Å². The van der Waals surface area contributed by atoms with Crippen molar-refractivity contribution in [2.45, 2.75) is 27.2 Å². The summed E-state index contributed by atoms with van der Waals surface area (Å²) in [5.74, 6) is 1.59. The van der Waals surface area contributed by atoms with Crippen LogP contribution in [0.5, 0.6) is 0 Å². The Hall–Kier alpha value is -0.940. The Bertz CT molecular complexity index is 627. The summed E-state index contributed by atoms with van der Waals surface area (Å²) in [6.07, 6.45) is 0.859. The van der Waals surface area contributed by atoms with Gasteiger partial charge < -0.3 is 5.32 Å². The molecule has 5 heteroatoms. The lowest BCUT2D eigenvalue weighted by Crippen LogP contribution is -2.06. The molecule has 0 aliphatic rings. The van der Waals surface area contributed by atoms with Crippen LogP contribution in [0.25, 0.3) is 11.4 Å². The predicted molar refractivity (Wildman–Crippen MR) is 91.1 cm³/mol. The van der Waals surface area contributed by atoms with E-state index in [-0.39, 0.29) is 0 Å². The monoisotopic (exact) mass is 397 g/mol. The summed E-state index contributed by atoms with van der Waals surface area (Å²) >= 11 is 7.18. The van der Waals surface area contributed by atoms with Crippen LogP contribution in [0.15, 0.2) is 27.1 Å². The molecule has 2 rings (SSSR count). The van der Waals surface area contributed by atoms with Crippen LogP contribution in [0.2, 0.25) is 0 Å². The van der Waals surface area contributed by atoms with Crippen LogP contribution in [0.1, 0.15) is 25.1 Å². The fourth-order valence-electron chi connectivity index (χ4n) is 1.93. The summed E-state index contributed by atoms with van der Waals surface area (Å²) < 4.78 is 1.97. The molecule has 0 atom stereocenters. The first-order valence-corrected chi connectivity index (χ1v) is 8.22. The van der Waals surface area contributed by atoms with Crippen molar-refractivity contribution < 1.29 is 0 Å². The molecular weight excluding hydrogens is 382 g/mol. The van der Waals surface area contributed by atoms with Crippen molar-refractivity contribution in [1.29, 1.82) is 0 Å². The molecule has 1 heterocycles. The zero-order valence-corrected chi connectivity index (χ0v) is 15.0. The van der Waals surface area contributed by atoms with E-state index in [1.807, 2.05) is 0 Å². The summed E-state index contributed by atoms with van der Waals surface area (Å²) in [7, 11) is 0. The largest absolute Gasteiger partial charge is 0.369 e. The molecule has 0 aliphatic carbocycles. The van der Waals surface area contributed by atoms with Crippen LogP contribution < -0.4 is 5.32 Å². The average Bonchev–Trinajstić information content (AvgIpc) is 2.41. The molecule has 106 valence electrons. The molecule has 0 spiro atoms. The van der Waals surface area contributed by atoms with E-state index in [0.717, 1.165) is 44.8 Å². The molecule has 0 saturated carbocycles. The summed E-state index contributed by atoms with van der Waals surface area (Å²) in [4.78, 5) is 9.30. The number of nitrogens with one attached hydrogen (secondary N) is 1. The first kappa shape index (κ1) is 15.4. The zero-order chi connectivity index (χ0) is 14.7. The van der Waals surface area contributed by atoms with Crippen molar-refractivity contribution in [1.82, 2.24) is 9.97 Å². The Labute approximate surface area is 136 Å². The first-order chi connectivity index (χ1) is 9.56. The van der Waals surface area contributed by atoms with E-state index < -0.39 is 0 Å². The molecule has 20 heavy (non-hydrogen) atoms. The van der Waals surface area contributed by atoms with Gasteiger partial charge >= 0.3 is 0 Å². The standard InChI is InChI=1S/C15H17Br2N3/c1-4-12-13(17)15(18-5-2)20-14(19-12)10-7-6-9(3)8-11(10)16/h6-8H,4-5H2,1-3H3,(H,18,19,20). The lowest BCUT2D eigenvalue weighted by Gasteiger charge is -2.12. The molecule has 0 saturated heterocycles. The molecule has 0 fully saturated rings. The van der Waals surface area contributed by atoms with Crippen LogP contribution in [0.4, 0.5) is 5.82 Å². The van der Waals surface area contributed by atoms with Gasteiger partial charge in [0, 0.05) is 16.6 Å². The minimum Gasteiger partial charge on any atom is -0.369 e. The van der Waals surface area contributed by atoms with Crippen LogP contribution in [-0.2, 0) is 6.42 Å². The van der Waals surface area contributed by atoms with E-state index in [2.05, 4.69) is 86.1 Å². The van der Waals surface area contributed by atoms with Crippen molar-refractivity contribution in [2.24, 2.45) is 0 Å². The molecule has 0 amide bonds. The lowest BCUT2D eigenvalue weighted by atomic mass is 10.1. The van der Waals surface area contributed by atoms with Gasteiger partial charge in [-0.2, -0.15) is 0 Å². The Morgan fingerprint density at radius 1 is 1.15 bits per heavy atom. The molecule has 0 aliphatic heterocycles. The van der Waals surface area contributed by atoms with Gasteiger partial charge in [-0.15, -0.1) is 0 Å². The Kier molecular flexibility index (Phi) is 5.16. The highest BCUT2D eigenvalue weighted by Gasteiger charge is 2.13. The van der Waals surface area contributed by atoms with Gasteiger partial charge in [0.1, 0.15) is 5.82 Å². The highest BCUT2D eigenvalue weighted by atomic mass is 79.9. The fourth-order valence-corrected chi connectivity index (χ4v) is 3.20. The summed E-state index contributed by atoms with van der Waals surface area (Å²) in [6.45, 7) is 7.05. The fraction of sp³-hybridized carbons (Fsp3) is 0.333. The van der Waals surface area contributed by atoms with Crippen LogP contribution in [0.3, 0.4) is 0 Å². The highest BCUT2D eigenvalue weighted by Crippen LogP contribution is 2.31. The third-order valence-corrected chi connectivity index (χ3v) is 4.45. The van der Waals surface area contributed by atoms with Crippen molar-refractivity contribution in [3.8, 4) is 11.4 Å². The topological polar surface area (TPSA) is 37.8 Å².